The van der Waals surface area contributed by atoms with Gasteiger partial charge in [-0.2, -0.15) is 0 Å². The molecule has 5 heterocycles. The minimum Gasteiger partial charge on any atom is -0.310 e. The van der Waals surface area contributed by atoms with Crippen molar-refractivity contribution in [1.82, 2.24) is 19.1 Å². The van der Waals surface area contributed by atoms with Gasteiger partial charge >= 0.3 is 0 Å². The highest BCUT2D eigenvalue weighted by Gasteiger charge is 2.44. The summed E-state index contributed by atoms with van der Waals surface area (Å²) in [4.78, 5) is 9.43. The summed E-state index contributed by atoms with van der Waals surface area (Å²) in [6.07, 6.45) is 16.7. The second kappa shape index (κ2) is 14.7. The molecule has 2 aliphatic carbocycles. The maximum absolute atomic E-state index is 5.00. The lowest BCUT2D eigenvalue weighted by molar-refractivity contribution is 0.445. The minimum atomic E-state index is -0.0649. The van der Waals surface area contributed by atoms with Crippen molar-refractivity contribution in [3.8, 4) is 22.6 Å². The maximum atomic E-state index is 5.00. The van der Waals surface area contributed by atoms with Crippen molar-refractivity contribution in [3.05, 3.63) is 113 Å². The van der Waals surface area contributed by atoms with Crippen LogP contribution in [0.4, 0.5) is 0 Å². The molecule has 2 aliphatic heterocycles. The molecular formula is C62H71BN4. The van der Waals surface area contributed by atoms with Crippen LogP contribution in [0.3, 0.4) is 0 Å². The van der Waals surface area contributed by atoms with E-state index in [-0.39, 0.29) is 28.4 Å². The third kappa shape index (κ3) is 6.44. The third-order valence-electron chi connectivity index (χ3n) is 17.0. The van der Waals surface area contributed by atoms with E-state index in [1.807, 2.05) is 6.20 Å². The van der Waals surface area contributed by atoms with Gasteiger partial charge in [-0.05, 0) is 139 Å². The Morgan fingerprint density at radius 2 is 0.940 bits per heavy atom. The Bertz CT molecular complexity index is 3140. The van der Waals surface area contributed by atoms with Crippen LogP contribution in [0, 0.1) is 0 Å². The number of rotatable bonds is 3. The van der Waals surface area contributed by atoms with Crippen molar-refractivity contribution in [2.45, 2.75) is 181 Å². The minimum absolute atomic E-state index is 0.0282. The zero-order chi connectivity index (χ0) is 46.7. The fourth-order valence-corrected chi connectivity index (χ4v) is 13.5. The molecule has 0 atom stereocenters. The number of benzene rings is 5. The summed E-state index contributed by atoms with van der Waals surface area (Å²) in [6.45, 7) is 29.1. The molecule has 0 spiro atoms. The SMILES string of the molecule is CC(C)(C)c1cc(C(C)(C)C)c2c3c(C4CCCCC4)ccc4c3n(c2c1)-c1cc(-c2ccncn2)cc2c1B4c1ccc(C3CCCCC3)c3c4c(C(C)(C)C)cc(C(C)(C)C)cc4n-2c13. The molecule has 342 valence electrons. The first-order chi connectivity index (χ1) is 31.8. The van der Waals surface area contributed by atoms with Gasteiger partial charge in [0.1, 0.15) is 6.33 Å². The van der Waals surface area contributed by atoms with E-state index < -0.39 is 0 Å². The van der Waals surface area contributed by atoms with Crippen molar-refractivity contribution in [2.24, 2.45) is 0 Å². The Labute approximate surface area is 400 Å². The number of aromatic nitrogens is 4. The van der Waals surface area contributed by atoms with Crippen molar-refractivity contribution in [1.29, 1.82) is 0 Å². The first kappa shape index (κ1) is 43.1. The van der Waals surface area contributed by atoms with Crippen LogP contribution in [0.15, 0.2) is 79.3 Å². The fraction of sp³-hybridized carbons (Fsp3) is 0.452. The Balaban J connectivity index is 1.32. The normalized spacial score (nSPS) is 17.1. The molecular weight excluding hydrogens is 812 g/mol. The van der Waals surface area contributed by atoms with Crippen molar-refractivity contribution < 1.29 is 0 Å². The van der Waals surface area contributed by atoms with Gasteiger partial charge in [-0.25, -0.2) is 9.97 Å². The average molecular weight is 883 g/mol. The molecule has 2 fully saturated rings. The van der Waals surface area contributed by atoms with Gasteiger partial charge in [0.2, 0.25) is 0 Å². The van der Waals surface area contributed by atoms with Crippen LogP contribution < -0.4 is 16.4 Å². The predicted molar refractivity (Wildman–Crippen MR) is 287 cm³/mol. The molecule has 0 amide bonds. The second-order valence-electron chi connectivity index (χ2n) is 25.6. The quantitative estimate of drug-likeness (QED) is 0.166. The second-order valence-corrected chi connectivity index (χ2v) is 25.6. The molecule has 5 heteroatoms. The van der Waals surface area contributed by atoms with Crippen LogP contribution in [-0.4, -0.2) is 25.8 Å². The lowest BCUT2D eigenvalue weighted by atomic mass is 9.34. The molecule has 0 saturated heterocycles. The van der Waals surface area contributed by atoms with Gasteiger partial charge in [-0.1, -0.05) is 158 Å². The third-order valence-corrected chi connectivity index (χ3v) is 17.0. The highest BCUT2D eigenvalue weighted by molar-refractivity contribution is 7.00. The van der Waals surface area contributed by atoms with E-state index in [1.54, 1.807) is 17.5 Å². The predicted octanol–water partition coefficient (Wildman–Crippen LogP) is 14.8. The van der Waals surface area contributed by atoms with E-state index in [1.165, 1.54) is 158 Å². The molecule has 4 nitrogen and oxygen atoms in total. The van der Waals surface area contributed by atoms with Gasteiger partial charge in [0.15, 0.2) is 0 Å². The number of fused-ring (bicyclic) bond motifs is 10. The number of hydrogen-bond donors (Lipinski definition) is 0. The first-order valence-corrected chi connectivity index (χ1v) is 26.1. The van der Waals surface area contributed by atoms with Gasteiger partial charge in [0.25, 0.3) is 6.71 Å². The monoisotopic (exact) mass is 883 g/mol. The molecule has 0 N–H and O–H groups in total. The van der Waals surface area contributed by atoms with E-state index >= 15 is 0 Å². The summed E-state index contributed by atoms with van der Waals surface area (Å²) >= 11 is 0. The van der Waals surface area contributed by atoms with Crippen LogP contribution >= 0.6 is 0 Å². The molecule has 5 aromatic carbocycles. The van der Waals surface area contributed by atoms with E-state index in [0.29, 0.717) is 11.8 Å². The van der Waals surface area contributed by atoms with Gasteiger partial charge in [-0.15, -0.1) is 0 Å². The largest absolute Gasteiger partial charge is 0.310 e. The lowest BCUT2D eigenvalue weighted by Gasteiger charge is -2.35. The molecule has 12 rings (SSSR count). The summed E-state index contributed by atoms with van der Waals surface area (Å²) in [7, 11) is 0. The Morgan fingerprint density at radius 1 is 0.493 bits per heavy atom. The Morgan fingerprint density at radius 3 is 1.33 bits per heavy atom. The smallest absolute Gasteiger partial charge is 0.252 e. The summed E-state index contributed by atoms with van der Waals surface area (Å²) in [5.74, 6) is 1.12. The summed E-state index contributed by atoms with van der Waals surface area (Å²) in [5, 5.41) is 5.95. The summed E-state index contributed by atoms with van der Waals surface area (Å²) < 4.78 is 5.53. The fourth-order valence-electron chi connectivity index (χ4n) is 13.5. The van der Waals surface area contributed by atoms with E-state index in [4.69, 9.17) is 4.98 Å². The molecule has 3 aromatic heterocycles. The average Bonchev–Trinajstić information content (AvgIpc) is 3.83. The first-order valence-electron chi connectivity index (χ1n) is 26.1. The zero-order valence-electron chi connectivity index (χ0n) is 42.6. The Kier molecular flexibility index (Phi) is 9.45. The molecule has 0 bridgehead atoms. The van der Waals surface area contributed by atoms with Crippen molar-refractivity contribution in [3.63, 3.8) is 0 Å². The lowest BCUT2D eigenvalue weighted by Crippen LogP contribution is -2.59. The maximum Gasteiger partial charge on any atom is 0.252 e. The highest BCUT2D eigenvalue weighted by Crippen LogP contribution is 2.50. The highest BCUT2D eigenvalue weighted by atomic mass is 15.0. The topological polar surface area (TPSA) is 35.6 Å². The van der Waals surface area contributed by atoms with Gasteiger partial charge in [-0.3, -0.25) is 0 Å². The number of nitrogens with zero attached hydrogens (tertiary/aromatic N) is 4. The Hall–Kier alpha value is -5.16. The van der Waals surface area contributed by atoms with Crippen LogP contribution in [0.2, 0.25) is 0 Å². The molecule has 0 unspecified atom stereocenters. The van der Waals surface area contributed by atoms with Gasteiger partial charge in [0, 0.05) is 55.7 Å². The van der Waals surface area contributed by atoms with Crippen molar-refractivity contribution >= 4 is 66.7 Å². The molecule has 67 heavy (non-hydrogen) atoms. The van der Waals surface area contributed by atoms with E-state index in [9.17, 15) is 0 Å². The summed E-state index contributed by atoms with van der Waals surface area (Å²) in [5.41, 5.74) is 23.3. The summed E-state index contributed by atoms with van der Waals surface area (Å²) in [6, 6.07) is 27.9. The van der Waals surface area contributed by atoms with Crippen LogP contribution in [-0.2, 0) is 21.7 Å². The molecule has 4 aliphatic rings. The zero-order valence-corrected chi connectivity index (χ0v) is 42.6. The van der Waals surface area contributed by atoms with Crippen LogP contribution in [0.5, 0.6) is 0 Å². The standard InChI is InChI=1S/C62H71BN4/c1-59(2,3)39-31-43(61(7,8)9)54-48(33-39)66-50-29-38(47-27-28-64-35-65-47)30-51-56(50)63(45-25-23-41(52(54)57(45)66)36-19-15-13-16-20-36)46-26-24-42(37-21-17-14-18-22-37)53-55-44(62(10,11)12)32-40(60(4,5)6)34-49(55)67(51)58(46)53/h23-37H,13-22H2,1-12H3. The number of hydrogen-bond acceptors (Lipinski definition) is 2. The van der Waals surface area contributed by atoms with Gasteiger partial charge in [0.05, 0.1) is 16.7 Å². The van der Waals surface area contributed by atoms with E-state index in [2.05, 4.69) is 164 Å². The molecule has 0 radical (unpaired) electrons. The molecule has 2 saturated carbocycles. The van der Waals surface area contributed by atoms with Crippen LogP contribution in [0.1, 0.15) is 193 Å². The van der Waals surface area contributed by atoms with E-state index in [0.717, 1.165) is 11.3 Å². The molecule has 8 aromatic rings. The van der Waals surface area contributed by atoms with Gasteiger partial charge < -0.3 is 9.13 Å². The van der Waals surface area contributed by atoms with Crippen molar-refractivity contribution in [2.75, 3.05) is 0 Å². The van der Waals surface area contributed by atoms with Crippen LogP contribution in [0.25, 0.3) is 66.2 Å².